The van der Waals surface area contributed by atoms with Crippen LogP contribution in [0.4, 0.5) is 17.6 Å². The normalized spacial score (nSPS) is 21.9. The number of hydrogen-bond acceptors (Lipinski definition) is 6. The summed E-state index contributed by atoms with van der Waals surface area (Å²) >= 11 is 0. The molecule has 1 saturated carbocycles. The molecule has 2 bridgehead atoms. The fourth-order valence-electron chi connectivity index (χ4n) is 4.50. The zero-order valence-electron chi connectivity index (χ0n) is 17.0. The van der Waals surface area contributed by atoms with E-state index in [2.05, 4.69) is 19.9 Å². The molecule has 3 aromatic rings. The number of nitrogens with zero attached hydrogens (tertiary/aromatic N) is 5. The summed E-state index contributed by atoms with van der Waals surface area (Å²) in [6.45, 7) is 0.475. The lowest BCUT2D eigenvalue weighted by Gasteiger charge is -2.33. The summed E-state index contributed by atoms with van der Waals surface area (Å²) in [4.78, 5) is 30.5. The van der Waals surface area contributed by atoms with Gasteiger partial charge in [0.05, 0.1) is 22.7 Å². The molecule has 0 spiro atoms. The van der Waals surface area contributed by atoms with Gasteiger partial charge in [-0.1, -0.05) is 6.07 Å². The van der Waals surface area contributed by atoms with Gasteiger partial charge in [-0.25, -0.2) is 24.3 Å². The van der Waals surface area contributed by atoms with E-state index in [0.717, 1.165) is 0 Å². The van der Waals surface area contributed by atoms with E-state index in [9.17, 15) is 22.4 Å². The van der Waals surface area contributed by atoms with Gasteiger partial charge in [0.1, 0.15) is 11.9 Å². The number of alkyl halides is 3. The van der Waals surface area contributed by atoms with Crippen LogP contribution in [0, 0.1) is 11.7 Å². The summed E-state index contributed by atoms with van der Waals surface area (Å²) in [6, 6.07) is 5.30. The minimum absolute atomic E-state index is 0.0226. The lowest BCUT2D eigenvalue weighted by atomic mass is 10.0. The third-order valence-corrected chi connectivity index (χ3v) is 5.93. The van der Waals surface area contributed by atoms with Crippen molar-refractivity contribution < 1.29 is 27.1 Å². The number of amides is 1. The Labute approximate surface area is 185 Å². The third kappa shape index (κ3) is 3.98. The number of ether oxygens (including phenoxy) is 1. The van der Waals surface area contributed by atoms with E-state index >= 15 is 0 Å². The summed E-state index contributed by atoms with van der Waals surface area (Å²) in [7, 11) is 0. The molecule has 1 aromatic carbocycles. The van der Waals surface area contributed by atoms with Crippen LogP contribution in [-0.4, -0.2) is 49.4 Å². The maximum absolute atomic E-state index is 14.7. The Bertz CT molecular complexity index is 1170. The molecule has 3 unspecified atom stereocenters. The van der Waals surface area contributed by atoms with Crippen LogP contribution in [0.3, 0.4) is 0 Å². The van der Waals surface area contributed by atoms with Crippen molar-refractivity contribution in [1.82, 2.24) is 24.8 Å². The van der Waals surface area contributed by atoms with Crippen LogP contribution in [0.1, 0.15) is 28.8 Å². The molecule has 1 saturated heterocycles. The van der Waals surface area contributed by atoms with Gasteiger partial charge in [-0.15, -0.1) is 0 Å². The van der Waals surface area contributed by atoms with E-state index < -0.39 is 23.7 Å². The molecule has 0 radical (unpaired) electrons. The Morgan fingerprint density at radius 1 is 1.03 bits per heavy atom. The molecule has 0 N–H and O–H groups in total. The number of likely N-dealkylation sites (tertiary alicyclic amines) is 1. The van der Waals surface area contributed by atoms with Gasteiger partial charge in [0.25, 0.3) is 5.91 Å². The number of fused-ring (bicyclic) bond motifs is 2. The fraction of sp³-hybridized carbons (Fsp3) is 0.318. The molecule has 33 heavy (non-hydrogen) atoms. The van der Waals surface area contributed by atoms with Crippen molar-refractivity contribution >= 4 is 5.91 Å². The number of hydrogen-bond donors (Lipinski definition) is 0. The summed E-state index contributed by atoms with van der Waals surface area (Å²) in [6.07, 6.45) is 0.534. The molecule has 1 amide bonds. The number of benzene rings is 1. The molecule has 1 aliphatic carbocycles. The molecule has 3 atom stereocenters. The Kier molecular flexibility index (Phi) is 5.18. The van der Waals surface area contributed by atoms with Gasteiger partial charge in [-0.2, -0.15) is 13.2 Å². The van der Waals surface area contributed by atoms with E-state index in [-0.39, 0.29) is 40.8 Å². The molecule has 5 rings (SSSR count). The smallest absolute Gasteiger partial charge is 0.419 e. The van der Waals surface area contributed by atoms with Crippen molar-refractivity contribution in [3.05, 3.63) is 66.0 Å². The molecular formula is C22H17F4N5O2. The first-order valence-electron chi connectivity index (χ1n) is 10.2. The van der Waals surface area contributed by atoms with Crippen LogP contribution >= 0.6 is 0 Å². The Hall–Kier alpha value is -3.63. The van der Waals surface area contributed by atoms with E-state index in [1.165, 1.54) is 30.6 Å². The molecule has 170 valence electrons. The maximum Gasteiger partial charge on any atom is 0.419 e. The number of carbonyl (C=O) groups excluding carboxylic acids is 1. The Balaban J connectivity index is 1.38. The van der Waals surface area contributed by atoms with Crippen molar-refractivity contribution in [3.63, 3.8) is 0 Å². The maximum atomic E-state index is 14.7. The number of carbonyl (C=O) groups is 1. The van der Waals surface area contributed by atoms with Crippen LogP contribution in [0.15, 0.2) is 49.1 Å². The van der Waals surface area contributed by atoms with Crippen LogP contribution in [-0.2, 0) is 6.18 Å². The van der Waals surface area contributed by atoms with Gasteiger partial charge in [-0.3, -0.25) is 4.79 Å². The minimum atomic E-state index is -4.54. The van der Waals surface area contributed by atoms with Crippen LogP contribution < -0.4 is 4.74 Å². The van der Waals surface area contributed by atoms with E-state index in [0.29, 0.717) is 31.8 Å². The summed E-state index contributed by atoms with van der Waals surface area (Å²) in [5.74, 6) is -0.730. The molecular weight excluding hydrogens is 442 g/mol. The molecule has 2 aliphatic rings. The number of rotatable bonds is 4. The monoisotopic (exact) mass is 459 g/mol. The largest absolute Gasteiger partial charge is 0.458 e. The topological polar surface area (TPSA) is 81.1 Å². The highest BCUT2D eigenvalue weighted by Crippen LogP contribution is 2.41. The van der Waals surface area contributed by atoms with Gasteiger partial charge in [-0.05, 0) is 37.0 Å². The summed E-state index contributed by atoms with van der Waals surface area (Å²) in [5, 5.41) is 0. The van der Waals surface area contributed by atoms with Crippen LogP contribution in [0.2, 0.25) is 0 Å². The molecule has 2 fully saturated rings. The highest BCUT2D eigenvalue weighted by Gasteiger charge is 2.49. The van der Waals surface area contributed by atoms with Crippen molar-refractivity contribution in [2.24, 2.45) is 5.92 Å². The van der Waals surface area contributed by atoms with E-state index in [4.69, 9.17) is 4.74 Å². The lowest BCUT2D eigenvalue weighted by Crippen LogP contribution is -2.47. The molecule has 2 aromatic heterocycles. The van der Waals surface area contributed by atoms with Gasteiger partial charge < -0.3 is 9.64 Å². The zero-order valence-corrected chi connectivity index (χ0v) is 17.0. The van der Waals surface area contributed by atoms with Gasteiger partial charge in [0.2, 0.25) is 0 Å². The van der Waals surface area contributed by atoms with Crippen molar-refractivity contribution in [2.45, 2.75) is 31.2 Å². The predicted molar refractivity (Wildman–Crippen MR) is 106 cm³/mol. The van der Waals surface area contributed by atoms with Crippen molar-refractivity contribution in [3.8, 4) is 17.4 Å². The highest BCUT2D eigenvalue weighted by atomic mass is 19.4. The zero-order chi connectivity index (χ0) is 23.2. The van der Waals surface area contributed by atoms with E-state index in [1.807, 2.05) is 0 Å². The second-order valence-electron chi connectivity index (χ2n) is 8.01. The number of aromatic nitrogens is 4. The third-order valence-electron chi connectivity index (χ3n) is 5.93. The quantitative estimate of drug-likeness (QED) is 0.553. The lowest BCUT2D eigenvalue weighted by molar-refractivity contribution is -0.138. The summed E-state index contributed by atoms with van der Waals surface area (Å²) < 4.78 is 58.6. The number of piperidine rings is 1. The second-order valence-corrected chi connectivity index (χ2v) is 8.01. The standard InChI is InChI=1S/C22H17F4N5O2/c23-15-4-1-3-14(18(15)19-27-5-2-6-28-19)20(32)31-11-12-7-16(31)17(8-12)33-21-29-9-13(10-30-21)22(24,25)26/h1-6,9-10,12,16-17H,7-8,11H2. The Morgan fingerprint density at radius 2 is 1.76 bits per heavy atom. The van der Waals surface area contributed by atoms with Crippen molar-refractivity contribution in [1.29, 1.82) is 0 Å². The molecule has 11 heteroatoms. The SMILES string of the molecule is O=C(c1cccc(F)c1-c1ncccn1)N1CC2CC(Oc3ncc(C(F)(F)F)cn3)C1C2. The first-order chi connectivity index (χ1) is 15.8. The Morgan fingerprint density at radius 3 is 2.42 bits per heavy atom. The van der Waals surface area contributed by atoms with Gasteiger partial charge >= 0.3 is 12.2 Å². The van der Waals surface area contributed by atoms with Gasteiger partial charge in [0, 0.05) is 31.3 Å². The molecule has 3 heterocycles. The highest BCUT2D eigenvalue weighted by molar-refractivity contribution is 6.00. The van der Waals surface area contributed by atoms with Crippen LogP contribution in [0.25, 0.3) is 11.4 Å². The minimum Gasteiger partial charge on any atom is -0.458 e. The van der Waals surface area contributed by atoms with E-state index in [1.54, 1.807) is 11.0 Å². The number of halogens is 4. The predicted octanol–water partition coefficient (Wildman–Crippen LogP) is 3.77. The van der Waals surface area contributed by atoms with Crippen molar-refractivity contribution in [2.75, 3.05) is 6.54 Å². The summed E-state index contributed by atoms with van der Waals surface area (Å²) in [5.41, 5.74) is -0.811. The first-order valence-corrected chi connectivity index (χ1v) is 10.2. The fourth-order valence-corrected chi connectivity index (χ4v) is 4.50. The van der Waals surface area contributed by atoms with Crippen LogP contribution in [0.5, 0.6) is 6.01 Å². The van der Waals surface area contributed by atoms with Gasteiger partial charge in [0.15, 0.2) is 5.82 Å². The molecule has 7 nitrogen and oxygen atoms in total. The first kappa shape index (κ1) is 21.2. The molecule has 1 aliphatic heterocycles. The second kappa shape index (κ2) is 8.05. The average molecular weight is 459 g/mol. The average Bonchev–Trinajstić information content (AvgIpc) is 3.39.